The first-order chi connectivity index (χ1) is 34.4. The van der Waals surface area contributed by atoms with Gasteiger partial charge in [0.05, 0.1) is 33.8 Å². The number of rotatable bonds is 54. The standard InChI is InChI=1S/C61H115N2O7P/c1-7-10-13-16-19-22-25-27-29-31-33-35-38-41-44-47-50-53-60(64)62-58(57-69-71(66,67)68-56-55-63(4,5)6)59(52-49-46-43-40-37-24-21-18-15-12-9-3)70-61(65)54-51-48-45-42-39-36-34-32-30-28-26-23-20-17-14-11-8-2/h20,23,28,30,34,36,49,52,58-59H,7-19,21-22,24-27,29,31-33,35,37-48,50-51,53-57H2,1-6H3,(H-,62,64,66,67)/b23-20-,30-28-,36-34-,52-49+. The lowest BCUT2D eigenvalue weighted by atomic mass is 10.0. The third-order valence-corrected chi connectivity index (χ3v) is 14.2. The van der Waals surface area contributed by atoms with Gasteiger partial charge < -0.3 is 28.5 Å². The quantitative estimate of drug-likeness (QED) is 0.0212. The summed E-state index contributed by atoms with van der Waals surface area (Å²) in [4.78, 5) is 39.9. The number of amides is 1. The first-order valence-electron chi connectivity index (χ1n) is 29.9. The molecule has 3 unspecified atom stereocenters. The van der Waals surface area contributed by atoms with Crippen LogP contribution in [0.25, 0.3) is 0 Å². The fourth-order valence-corrected chi connectivity index (χ4v) is 9.31. The van der Waals surface area contributed by atoms with Crippen LogP contribution in [0.15, 0.2) is 48.6 Å². The summed E-state index contributed by atoms with van der Waals surface area (Å²) < 4.78 is 30.2. The molecule has 0 bridgehead atoms. The highest BCUT2D eigenvalue weighted by molar-refractivity contribution is 7.45. The van der Waals surface area contributed by atoms with Crippen molar-refractivity contribution in [3.63, 3.8) is 0 Å². The van der Waals surface area contributed by atoms with E-state index >= 15 is 0 Å². The summed E-state index contributed by atoms with van der Waals surface area (Å²) in [6.07, 6.45) is 62.1. The maximum absolute atomic E-state index is 13.5. The third kappa shape index (κ3) is 52.6. The number of phosphoric ester groups is 1. The fourth-order valence-electron chi connectivity index (χ4n) is 8.59. The molecule has 416 valence electrons. The minimum absolute atomic E-state index is 0.0251. The molecule has 71 heavy (non-hydrogen) atoms. The Labute approximate surface area is 439 Å². The highest BCUT2D eigenvalue weighted by Gasteiger charge is 2.27. The molecule has 0 rings (SSSR count). The second kappa shape index (κ2) is 51.5. The second-order valence-corrected chi connectivity index (χ2v) is 22.9. The van der Waals surface area contributed by atoms with E-state index in [9.17, 15) is 19.0 Å². The zero-order valence-corrected chi connectivity index (χ0v) is 48.3. The van der Waals surface area contributed by atoms with Crippen molar-refractivity contribution < 1.29 is 37.3 Å². The SMILES string of the molecule is CCCCC/C=C\C/C=C\C/C=C\CCCCCCC(=O)OC(/C=C/CCCCCCCCCCC)C(COP(=O)([O-])OCC[N+](C)(C)C)NC(=O)CCCCCCCCCCCCCCCCCCC. The van der Waals surface area contributed by atoms with Gasteiger partial charge in [0, 0.05) is 12.8 Å². The Bertz CT molecular complexity index is 1360. The fraction of sp³-hybridized carbons (Fsp3) is 0.836. The maximum Gasteiger partial charge on any atom is 0.306 e. The number of phosphoric acid groups is 1. The van der Waals surface area contributed by atoms with E-state index in [0.29, 0.717) is 23.9 Å². The average molecular weight is 1020 g/mol. The maximum atomic E-state index is 13.5. The number of quaternary nitrogens is 1. The lowest BCUT2D eigenvalue weighted by molar-refractivity contribution is -0.870. The topological polar surface area (TPSA) is 114 Å². The van der Waals surface area contributed by atoms with Crippen molar-refractivity contribution in [1.29, 1.82) is 0 Å². The molecule has 0 aliphatic carbocycles. The molecule has 0 aromatic carbocycles. The van der Waals surface area contributed by atoms with Crippen LogP contribution < -0.4 is 10.2 Å². The summed E-state index contributed by atoms with van der Waals surface area (Å²) in [6, 6.07) is -0.894. The molecule has 0 spiro atoms. The smallest absolute Gasteiger partial charge is 0.306 e. The Hall–Kier alpha value is -2.03. The van der Waals surface area contributed by atoms with E-state index in [1.54, 1.807) is 0 Å². The van der Waals surface area contributed by atoms with Gasteiger partial charge in [-0.1, -0.05) is 243 Å². The summed E-state index contributed by atoms with van der Waals surface area (Å²) in [7, 11) is 1.18. The number of carbonyl (C=O) groups is 2. The molecule has 0 aliphatic rings. The Balaban J connectivity index is 5.29. The van der Waals surface area contributed by atoms with E-state index in [1.807, 2.05) is 33.3 Å². The number of ether oxygens (including phenoxy) is 1. The molecule has 0 aromatic heterocycles. The number of nitrogens with zero attached hydrogens (tertiary/aromatic N) is 1. The van der Waals surface area contributed by atoms with Gasteiger partial charge in [-0.05, 0) is 70.3 Å². The first kappa shape index (κ1) is 69.0. The average Bonchev–Trinajstić information content (AvgIpc) is 3.33. The van der Waals surface area contributed by atoms with Crippen LogP contribution in [0.2, 0.25) is 0 Å². The Morgan fingerprint density at radius 2 is 0.859 bits per heavy atom. The molecule has 0 saturated heterocycles. The molecule has 1 N–H and O–H groups in total. The molecular weight excluding hydrogens is 904 g/mol. The Morgan fingerprint density at radius 1 is 0.493 bits per heavy atom. The summed E-state index contributed by atoms with van der Waals surface area (Å²) in [5.74, 6) is -0.558. The van der Waals surface area contributed by atoms with Crippen LogP contribution in [0.4, 0.5) is 0 Å². The van der Waals surface area contributed by atoms with Crippen molar-refractivity contribution in [3.05, 3.63) is 48.6 Å². The van der Waals surface area contributed by atoms with Gasteiger partial charge in [-0.3, -0.25) is 14.2 Å². The van der Waals surface area contributed by atoms with Gasteiger partial charge in [0.2, 0.25) is 5.91 Å². The normalized spacial score (nSPS) is 14.1. The van der Waals surface area contributed by atoms with Crippen LogP contribution in [0.3, 0.4) is 0 Å². The molecular formula is C61H115N2O7P. The number of esters is 1. The molecule has 0 saturated carbocycles. The van der Waals surface area contributed by atoms with Gasteiger partial charge in [-0.15, -0.1) is 0 Å². The van der Waals surface area contributed by atoms with Crippen LogP contribution in [-0.4, -0.2) is 69.4 Å². The predicted molar refractivity (Wildman–Crippen MR) is 302 cm³/mol. The van der Waals surface area contributed by atoms with E-state index < -0.39 is 26.6 Å². The van der Waals surface area contributed by atoms with E-state index in [1.165, 1.54) is 161 Å². The van der Waals surface area contributed by atoms with Gasteiger partial charge >= 0.3 is 5.97 Å². The number of carbonyl (C=O) groups excluding carboxylic acids is 2. The van der Waals surface area contributed by atoms with E-state index in [-0.39, 0.29) is 24.9 Å². The van der Waals surface area contributed by atoms with Gasteiger partial charge in [-0.25, -0.2) is 0 Å². The highest BCUT2D eigenvalue weighted by Crippen LogP contribution is 2.38. The molecule has 10 heteroatoms. The Morgan fingerprint density at radius 3 is 1.31 bits per heavy atom. The van der Waals surface area contributed by atoms with E-state index in [4.69, 9.17) is 13.8 Å². The highest BCUT2D eigenvalue weighted by atomic mass is 31.2. The van der Waals surface area contributed by atoms with Crippen molar-refractivity contribution in [2.75, 3.05) is 40.9 Å². The summed E-state index contributed by atoms with van der Waals surface area (Å²) in [5, 5.41) is 3.02. The van der Waals surface area contributed by atoms with Crippen LogP contribution >= 0.6 is 7.82 Å². The molecule has 3 atom stereocenters. The summed E-state index contributed by atoms with van der Waals surface area (Å²) in [5.41, 5.74) is 0. The molecule has 9 nitrogen and oxygen atoms in total. The van der Waals surface area contributed by atoms with Gasteiger partial charge in [-0.2, -0.15) is 0 Å². The Kier molecular flexibility index (Phi) is 50.0. The minimum Gasteiger partial charge on any atom is -0.756 e. The molecule has 0 heterocycles. The number of nitrogens with one attached hydrogen (secondary N) is 1. The lowest BCUT2D eigenvalue weighted by Gasteiger charge is -2.30. The van der Waals surface area contributed by atoms with Crippen molar-refractivity contribution in [2.24, 2.45) is 0 Å². The number of allylic oxidation sites excluding steroid dienone is 7. The molecule has 0 aromatic rings. The monoisotopic (exact) mass is 1020 g/mol. The second-order valence-electron chi connectivity index (χ2n) is 21.5. The molecule has 0 aliphatic heterocycles. The zero-order chi connectivity index (χ0) is 52.2. The molecule has 0 fully saturated rings. The summed E-state index contributed by atoms with van der Waals surface area (Å²) >= 11 is 0. The zero-order valence-electron chi connectivity index (χ0n) is 47.4. The third-order valence-electron chi connectivity index (χ3n) is 13.3. The number of likely N-dealkylation sites (N-methyl/N-ethyl adjacent to an activating group) is 1. The van der Waals surface area contributed by atoms with Crippen LogP contribution in [0.5, 0.6) is 0 Å². The first-order valence-corrected chi connectivity index (χ1v) is 31.4. The minimum atomic E-state index is -4.70. The lowest BCUT2D eigenvalue weighted by Crippen LogP contribution is -2.47. The van der Waals surface area contributed by atoms with Crippen molar-refractivity contribution in [1.82, 2.24) is 5.32 Å². The van der Waals surface area contributed by atoms with Crippen molar-refractivity contribution in [2.45, 2.75) is 290 Å². The summed E-state index contributed by atoms with van der Waals surface area (Å²) in [6.45, 7) is 6.81. The molecule has 0 radical (unpaired) electrons. The van der Waals surface area contributed by atoms with Gasteiger partial charge in [0.15, 0.2) is 0 Å². The van der Waals surface area contributed by atoms with Crippen molar-refractivity contribution in [3.8, 4) is 0 Å². The van der Waals surface area contributed by atoms with Gasteiger partial charge in [0.25, 0.3) is 7.82 Å². The largest absolute Gasteiger partial charge is 0.756 e. The van der Waals surface area contributed by atoms with Crippen LogP contribution in [-0.2, 0) is 27.9 Å². The number of hydrogen-bond donors (Lipinski definition) is 1. The molecule has 1 amide bonds. The predicted octanol–water partition coefficient (Wildman–Crippen LogP) is 17.5. The van der Waals surface area contributed by atoms with Crippen LogP contribution in [0, 0.1) is 0 Å². The number of hydrogen-bond acceptors (Lipinski definition) is 7. The van der Waals surface area contributed by atoms with Gasteiger partial charge in [0.1, 0.15) is 19.3 Å². The van der Waals surface area contributed by atoms with Crippen molar-refractivity contribution >= 4 is 19.7 Å². The van der Waals surface area contributed by atoms with E-state index in [2.05, 4.69) is 62.5 Å². The number of unbranched alkanes of at least 4 members (excludes halogenated alkanes) is 32. The van der Waals surface area contributed by atoms with Crippen LogP contribution in [0.1, 0.15) is 278 Å². The van der Waals surface area contributed by atoms with E-state index in [0.717, 1.165) is 77.0 Å².